The van der Waals surface area contributed by atoms with E-state index in [4.69, 9.17) is 18.9 Å². The van der Waals surface area contributed by atoms with Crippen molar-refractivity contribution in [3.05, 3.63) is 53.6 Å². The van der Waals surface area contributed by atoms with Crippen LogP contribution in [0.1, 0.15) is 67.5 Å². The highest BCUT2D eigenvalue weighted by Crippen LogP contribution is 2.32. The first kappa shape index (κ1) is 31.4. The van der Waals surface area contributed by atoms with Gasteiger partial charge in [0.1, 0.15) is 19.0 Å². The topological polar surface area (TPSA) is 107 Å². The van der Waals surface area contributed by atoms with Gasteiger partial charge in [0.05, 0.1) is 19.3 Å². The number of benzene rings is 2. The van der Waals surface area contributed by atoms with Crippen LogP contribution in [0.3, 0.4) is 0 Å². The Bertz CT molecular complexity index is 1050. The Morgan fingerprint density at radius 1 is 1.02 bits per heavy atom. The number of ether oxygens (including phenoxy) is 4. The number of likely N-dealkylation sites (N-methyl/N-ethyl adjacent to an activating group) is 1. The summed E-state index contributed by atoms with van der Waals surface area (Å²) in [6.45, 7) is 6.84. The van der Waals surface area contributed by atoms with Crippen LogP contribution in [-0.2, 0) is 9.53 Å². The zero-order valence-electron chi connectivity index (χ0n) is 24.0. The number of carbonyl (C=O) groups excluding carboxylic acids is 2. The molecule has 2 aliphatic rings. The van der Waals surface area contributed by atoms with Crippen LogP contribution >= 0.6 is 0 Å². The van der Waals surface area contributed by atoms with E-state index >= 15 is 0 Å². The first-order valence-electron chi connectivity index (χ1n) is 14.2. The number of aliphatic hydroxyl groups is 1. The van der Waals surface area contributed by atoms with Crippen LogP contribution in [0.2, 0.25) is 0 Å². The summed E-state index contributed by atoms with van der Waals surface area (Å²) in [5.74, 6) is 1.98. The number of likely N-dealkylation sites (tertiary alicyclic amines) is 1. The molecule has 1 fully saturated rings. The Morgan fingerprint density at radius 2 is 1.75 bits per heavy atom. The molecule has 0 aliphatic carbocycles. The summed E-state index contributed by atoms with van der Waals surface area (Å²) in [4.78, 5) is 26.6. The molecule has 2 N–H and O–H groups in total. The summed E-state index contributed by atoms with van der Waals surface area (Å²) >= 11 is 0. The van der Waals surface area contributed by atoms with Gasteiger partial charge in [-0.2, -0.15) is 0 Å². The molecule has 1 amide bonds. The predicted octanol–water partition coefficient (Wildman–Crippen LogP) is 4.18. The van der Waals surface area contributed by atoms with Gasteiger partial charge >= 0.3 is 0 Å². The maximum atomic E-state index is 12.2. The van der Waals surface area contributed by atoms with Crippen molar-refractivity contribution in [1.82, 2.24) is 10.2 Å². The number of Topliss-reactive ketones (excluding diaryl/α,β-unsaturated/α-hetero) is 1. The Hall–Kier alpha value is -3.14. The number of amides is 1. The maximum absolute atomic E-state index is 12.2. The Kier molecular flexibility index (Phi) is 13.2. The van der Waals surface area contributed by atoms with Gasteiger partial charge in [-0.25, -0.2) is 0 Å². The second kappa shape index (κ2) is 16.8. The Labute approximate surface area is 237 Å². The molecule has 2 heterocycles. The molecule has 0 unspecified atom stereocenters. The lowest BCUT2D eigenvalue weighted by molar-refractivity contribution is -0.121. The molecule has 4 rings (SSSR count). The van der Waals surface area contributed by atoms with Gasteiger partial charge in [-0.05, 0) is 67.8 Å². The third-order valence-electron chi connectivity index (χ3n) is 7.17. The van der Waals surface area contributed by atoms with Crippen LogP contribution < -0.4 is 19.5 Å². The number of hydrogen-bond acceptors (Lipinski definition) is 8. The van der Waals surface area contributed by atoms with Gasteiger partial charge in [-0.15, -0.1) is 0 Å². The lowest BCUT2D eigenvalue weighted by Crippen LogP contribution is -2.28. The minimum atomic E-state index is -0.818. The standard InChI is InChI=1S/C24H29NO6.C7H15NO/c1-29-19-10-7-17(8-11-19)20(26)5-3-2-4-6-24(28)25-16-21(27)18-9-12-22-23(15-18)31-14-13-30-22;1-3-8-5-4-7(6-8)9-2/h7-12,15,21,27H,2-6,13-14,16H2,1H3,(H,25,28);7H,3-6H2,1-2H3/t21-;7-/m00/s1. The van der Waals surface area contributed by atoms with E-state index in [1.54, 1.807) is 56.7 Å². The van der Waals surface area contributed by atoms with Gasteiger partial charge in [-0.3, -0.25) is 9.59 Å². The fraction of sp³-hybridized carbons (Fsp3) is 0.548. The van der Waals surface area contributed by atoms with Crippen molar-refractivity contribution in [2.24, 2.45) is 0 Å². The average Bonchev–Trinajstić information content (AvgIpc) is 3.48. The Morgan fingerprint density at radius 3 is 2.40 bits per heavy atom. The highest BCUT2D eigenvalue weighted by Gasteiger charge is 2.20. The van der Waals surface area contributed by atoms with E-state index < -0.39 is 6.10 Å². The van der Waals surface area contributed by atoms with Gasteiger partial charge in [0.15, 0.2) is 17.3 Å². The van der Waals surface area contributed by atoms with Crippen molar-refractivity contribution in [3.8, 4) is 17.2 Å². The zero-order chi connectivity index (χ0) is 28.7. The number of fused-ring (bicyclic) bond motifs is 1. The number of carbonyl (C=O) groups is 2. The fourth-order valence-corrected chi connectivity index (χ4v) is 4.63. The number of unbranched alkanes of at least 4 members (excludes halogenated alkanes) is 2. The number of nitrogens with zero attached hydrogens (tertiary/aromatic N) is 1. The molecule has 0 aromatic heterocycles. The second-order valence-corrected chi connectivity index (χ2v) is 9.97. The van der Waals surface area contributed by atoms with Crippen molar-refractivity contribution in [2.75, 3.05) is 53.6 Å². The van der Waals surface area contributed by atoms with Gasteiger partial charge in [0.2, 0.25) is 5.91 Å². The number of ketones is 1. The van der Waals surface area contributed by atoms with Crippen LogP contribution in [0.4, 0.5) is 0 Å². The van der Waals surface area contributed by atoms with Gasteiger partial charge < -0.3 is 34.3 Å². The number of hydrogen-bond donors (Lipinski definition) is 2. The molecule has 2 aromatic carbocycles. The van der Waals surface area contributed by atoms with Gasteiger partial charge in [0.25, 0.3) is 0 Å². The summed E-state index contributed by atoms with van der Waals surface area (Å²) < 4.78 is 21.3. The molecular formula is C31H44N2O7. The van der Waals surface area contributed by atoms with Crippen LogP contribution in [0.5, 0.6) is 17.2 Å². The average molecular weight is 557 g/mol. The van der Waals surface area contributed by atoms with E-state index in [1.165, 1.54) is 19.5 Å². The first-order valence-corrected chi connectivity index (χ1v) is 14.2. The van der Waals surface area contributed by atoms with Crippen molar-refractivity contribution in [1.29, 1.82) is 0 Å². The maximum Gasteiger partial charge on any atom is 0.220 e. The van der Waals surface area contributed by atoms with E-state index in [0.29, 0.717) is 61.2 Å². The van der Waals surface area contributed by atoms with Crippen molar-refractivity contribution in [2.45, 2.75) is 57.7 Å². The summed E-state index contributed by atoms with van der Waals surface area (Å²) in [7, 11) is 3.38. The molecule has 2 atom stereocenters. The molecule has 2 aliphatic heterocycles. The highest BCUT2D eigenvalue weighted by molar-refractivity contribution is 5.96. The molecule has 0 radical (unpaired) electrons. The minimum absolute atomic E-state index is 0.0923. The smallest absolute Gasteiger partial charge is 0.220 e. The Balaban J connectivity index is 0.000000415. The largest absolute Gasteiger partial charge is 0.497 e. The van der Waals surface area contributed by atoms with Crippen LogP contribution in [-0.4, -0.2) is 81.4 Å². The monoisotopic (exact) mass is 556 g/mol. The summed E-state index contributed by atoms with van der Waals surface area (Å²) in [6.07, 6.45) is 3.94. The molecule has 9 heteroatoms. The SMILES string of the molecule is CCN1CC[C@H](OC)C1.COc1ccc(C(=O)CCCCCC(=O)NC[C@H](O)c2ccc3c(c2)OCCO3)cc1. The molecule has 0 saturated carbocycles. The summed E-state index contributed by atoms with van der Waals surface area (Å²) in [5, 5.41) is 13.1. The molecule has 0 spiro atoms. The number of methoxy groups -OCH3 is 2. The second-order valence-electron chi connectivity index (χ2n) is 9.97. The molecule has 9 nitrogen and oxygen atoms in total. The first-order chi connectivity index (χ1) is 19.4. The van der Waals surface area contributed by atoms with E-state index in [-0.39, 0.29) is 18.2 Å². The van der Waals surface area contributed by atoms with E-state index in [1.807, 2.05) is 0 Å². The van der Waals surface area contributed by atoms with Crippen molar-refractivity contribution in [3.63, 3.8) is 0 Å². The lowest BCUT2D eigenvalue weighted by atomic mass is 10.0. The highest BCUT2D eigenvalue weighted by atomic mass is 16.6. The predicted molar refractivity (Wildman–Crippen MR) is 153 cm³/mol. The van der Waals surface area contributed by atoms with E-state index in [0.717, 1.165) is 25.1 Å². The molecule has 220 valence electrons. The zero-order valence-corrected chi connectivity index (χ0v) is 24.0. The fourth-order valence-electron chi connectivity index (χ4n) is 4.63. The number of rotatable bonds is 13. The van der Waals surface area contributed by atoms with Crippen molar-refractivity contribution < 1.29 is 33.6 Å². The molecule has 1 saturated heterocycles. The number of aliphatic hydroxyl groups excluding tert-OH is 1. The van der Waals surface area contributed by atoms with Gasteiger partial charge in [0, 0.05) is 45.1 Å². The van der Waals surface area contributed by atoms with E-state index in [2.05, 4.69) is 17.1 Å². The number of nitrogens with one attached hydrogen (secondary N) is 1. The third-order valence-corrected chi connectivity index (χ3v) is 7.17. The summed E-state index contributed by atoms with van der Waals surface area (Å²) in [5.41, 5.74) is 1.34. The van der Waals surface area contributed by atoms with Crippen LogP contribution in [0.25, 0.3) is 0 Å². The normalized spacial score (nSPS) is 16.9. The van der Waals surface area contributed by atoms with Crippen molar-refractivity contribution >= 4 is 11.7 Å². The quantitative estimate of drug-likeness (QED) is 0.280. The molecule has 2 aromatic rings. The molecular weight excluding hydrogens is 512 g/mol. The summed E-state index contributed by atoms with van der Waals surface area (Å²) in [6, 6.07) is 12.4. The molecule has 0 bridgehead atoms. The van der Waals surface area contributed by atoms with Crippen LogP contribution in [0, 0.1) is 0 Å². The minimum Gasteiger partial charge on any atom is -0.497 e. The van der Waals surface area contributed by atoms with E-state index in [9.17, 15) is 14.7 Å². The molecule has 40 heavy (non-hydrogen) atoms. The van der Waals surface area contributed by atoms with Gasteiger partial charge in [-0.1, -0.05) is 19.4 Å². The lowest BCUT2D eigenvalue weighted by Gasteiger charge is -2.20. The third kappa shape index (κ3) is 10.1. The van der Waals surface area contributed by atoms with Crippen LogP contribution in [0.15, 0.2) is 42.5 Å².